The summed E-state index contributed by atoms with van der Waals surface area (Å²) in [7, 11) is 0. The van der Waals surface area contributed by atoms with Crippen LogP contribution in [0, 0.1) is 0 Å². The van der Waals surface area contributed by atoms with Crippen molar-refractivity contribution in [2.75, 3.05) is 52.5 Å². The van der Waals surface area contributed by atoms with Crippen molar-refractivity contribution in [3.05, 3.63) is 35.4 Å². The summed E-state index contributed by atoms with van der Waals surface area (Å²) in [4.78, 5) is 14.3. The summed E-state index contributed by atoms with van der Waals surface area (Å²) >= 11 is 0. The van der Waals surface area contributed by atoms with Gasteiger partial charge in [0.15, 0.2) is 0 Å². The fraction of sp³-hybridized carbons (Fsp3) is 0.720. The quantitative estimate of drug-likeness (QED) is 0.478. The van der Waals surface area contributed by atoms with Crippen LogP contribution in [0.2, 0.25) is 0 Å². The molecular formula is C25H40N2O4. The van der Waals surface area contributed by atoms with Gasteiger partial charge in [-0.15, -0.1) is 0 Å². The van der Waals surface area contributed by atoms with E-state index in [0.29, 0.717) is 19.6 Å². The Morgan fingerprint density at radius 3 is 2.58 bits per heavy atom. The molecule has 6 nitrogen and oxygen atoms in total. The Labute approximate surface area is 187 Å². The first-order chi connectivity index (χ1) is 14.8. The van der Waals surface area contributed by atoms with Crippen LogP contribution in [0.5, 0.6) is 0 Å². The molecule has 3 rings (SSSR count). The number of benzene rings is 1. The summed E-state index contributed by atoms with van der Waals surface area (Å²) in [5.74, 6) is -0.204. The van der Waals surface area contributed by atoms with Gasteiger partial charge >= 0.3 is 5.97 Å². The van der Waals surface area contributed by atoms with Crippen LogP contribution in [-0.4, -0.2) is 74.6 Å². The number of hydrogen-bond acceptors (Lipinski definition) is 6. The number of carbonyl (C=O) groups is 1. The molecule has 0 aliphatic carbocycles. The zero-order valence-corrected chi connectivity index (χ0v) is 19.6. The van der Waals surface area contributed by atoms with E-state index in [1.54, 1.807) is 0 Å². The van der Waals surface area contributed by atoms with Crippen molar-refractivity contribution in [3.63, 3.8) is 0 Å². The molecule has 0 aromatic heterocycles. The predicted molar refractivity (Wildman–Crippen MR) is 122 cm³/mol. The van der Waals surface area contributed by atoms with Gasteiger partial charge in [-0.05, 0) is 57.6 Å². The second-order valence-corrected chi connectivity index (χ2v) is 9.82. The standard InChI is InChI=1S/C25H40N2O4/c1-24(2,3)31-23(28)9-17-29-16-8-22-6-4-5-21(19-22)7-13-27-14-10-25(11-15-27)20-26-12-18-30-25/h4-6,19,26H,7-18,20H2,1-3H3. The Balaban J connectivity index is 1.32. The fourth-order valence-electron chi connectivity index (χ4n) is 4.28. The number of piperidine rings is 1. The first-order valence-corrected chi connectivity index (χ1v) is 11.8. The topological polar surface area (TPSA) is 60.0 Å². The highest BCUT2D eigenvalue weighted by atomic mass is 16.6. The van der Waals surface area contributed by atoms with E-state index in [-0.39, 0.29) is 11.6 Å². The maximum Gasteiger partial charge on any atom is 0.308 e. The molecule has 1 spiro atoms. The molecule has 2 aliphatic heterocycles. The minimum Gasteiger partial charge on any atom is -0.460 e. The Morgan fingerprint density at radius 1 is 1.16 bits per heavy atom. The number of rotatable bonds is 9. The number of esters is 1. The molecule has 2 saturated heterocycles. The molecule has 0 unspecified atom stereocenters. The highest BCUT2D eigenvalue weighted by Crippen LogP contribution is 2.27. The molecule has 1 N–H and O–H groups in total. The highest BCUT2D eigenvalue weighted by molar-refractivity contribution is 5.69. The third-order valence-corrected chi connectivity index (χ3v) is 6.02. The van der Waals surface area contributed by atoms with Crippen LogP contribution in [0.3, 0.4) is 0 Å². The Kier molecular flexibility index (Phi) is 8.90. The Hall–Kier alpha value is -1.47. The highest BCUT2D eigenvalue weighted by Gasteiger charge is 2.36. The van der Waals surface area contributed by atoms with Gasteiger partial charge < -0.3 is 24.4 Å². The zero-order chi connectivity index (χ0) is 22.2. The van der Waals surface area contributed by atoms with E-state index in [1.807, 2.05) is 20.8 Å². The molecule has 1 aromatic rings. The van der Waals surface area contributed by atoms with Crippen LogP contribution in [-0.2, 0) is 31.8 Å². The van der Waals surface area contributed by atoms with Crippen molar-refractivity contribution in [2.24, 2.45) is 0 Å². The van der Waals surface area contributed by atoms with Crippen molar-refractivity contribution < 1.29 is 19.0 Å². The lowest BCUT2D eigenvalue weighted by Gasteiger charge is -2.44. The Bertz CT molecular complexity index is 685. The average Bonchev–Trinajstić information content (AvgIpc) is 2.73. The monoisotopic (exact) mass is 432 g/mol. The van der Waals surface area contributed by atoms with E-state index < -0.39 is 5.60 Å². The molecule has 2 heterocycles. The minimum atomic E-state index is -0.437. The molecule has 31 heavy (non-hydrogen) atoms. The molecule has 6 heteroatoms. The van der Waals surface area contributed by atoms with Crippen LogP contribution in [0.1, 0.15) is 51.2 Å². The molecule has 2 fully saturated rings. The lowest BCUT2D eigenvalue weighted by atomic mass is 9.90. The van der Waals surface area contributed by atoms with Gasteiger partial charge in [0.25, 0.3) is 0 Å². The van der Waals surface area contributed by atoms with Gasteiger partial charge in [0.2, 0.25) is 0 Å². The largest absolute Gasteiger partial charge is 0.460 e. The van der Waals surface area contributed by atoms with Gasteiger partial charge in [-0.3, -0.25) is 4.79 Å². The van der Waals surface area contributed by atoms with Gasteiger partial charge in [-0.25, -0.2) is 0 Å². The first-order valence-electron chi connectivity index (χ1n) is 11.8. The number of nitrogens with one attached hydrogen (secondary N) is 1. The third-order valence-electron chi connectivity index (χ3n) is 6.02. The number of likely N-dealkylation sites (tertiary alicyclic amines) is 1. The summed E-state index contributed by atoms with van der Waals surface area (Å²) in [5.41, 5.74) is 2.31. The number of nitrogens with zero attached hydrogens (tertiary/aromatic N) is 1. The summed E-state index contributed by atoms with van der Waals surface area (Å²) in [6, 6.07) is 8.79. The maximum absolute atomic E-state index is 11.7. The van der Waals surface area contributed by atoms with Crippen molar-refractivity contribution in [1.82, 2.24) is 10.2 Å². The summed E-state index contributed by atoms with van der Waals surface area (Å²) in [6.45, 7) is 12.8. The summed E-state index contributed by atoms with van der Waals surface area (Å²) in [6.07, 6.45) is 4.48. The van der Waals surface area contributed by atoms with E-state index in [4.69, 9.17) is 14.2 Å². The van der Waals surface area contributed by atoms with Crippen LogP contribution in [0.15, 0.2) is 24.3 Å². The number of morpholine rings is 1. The van der Waals surface area contributed by atoms with Crippen molar-refractivity contribution in [1.29, 1.82) is 0 Å². The molecule has 0 bridgehead atoms. The third kappa shape index (κ3) is 8.53. The van der Waals surface area contributed by atoms with Crippen molar-refractivity contribution in [2.45, 2.75) is 64.1 Å². The van der Waals surface area contributed by atoms with Gasteiger partial charge in [0.1, 0.15) is 5.60 Å². The Morgan fingerprint density at radius 2 is 1.90 bits per heavy atom. The van der Waals surface area contributed by atoms with E-state index in [9.17, 15) is 4.79 Å². The van der Waals surface area contributed by atoms with Crippen LogP contribution >= 0.6 is 0 Å². The van der Waals surface area contributed by atoms with Crippen molar-refractivity contribution in [3.8, 4) is 0 Å². The normalized spacial score (nSPS) is 19.5. The molecular weight excluding hydrogens is 392 g/mol. The molecule has 0 radical (unpaired) electrons. The SMILES string of the molecule is CC(C)(C)OC(=O)CCOCCc1cccc(CCN2CCC3(CC2)CNCCO3)c1. The van der Waals surface area contributed by atoms with Crippen molar-refractivity contribution >= 4 is 5.97 Å². The second kappa shape index (κ2) is 11.4. The van der Waals surface area contributed by atoms with Crippen LogP contribution in [0.4, 0.5) is 0 Å². The van der Waals surface area contributed by atoms with E-state index in [2.05, 4.69) is 34.5 Å². The van der Waals surface area contributed by atoms with Gasteiger partial charge in [-0.1, -0.05) is 24.3 Å². The van der Waals surface area contributed by atoms with E-state index in [0.717, 1.165) is 65.0 Å². The maximum atomic E-state index is 11.7. The molecule has 174 valence electrons. The van der Waals surface area contributed by atoms with Gasteiger partial charge in [0.05, 0.1) is 31.8 Å². The number of ether oxygens (including phenoxy) is 3. The van der Waals surface area contributed by atoms with E-state index >= 15 is 0 Å². The molecule has 1 aromatic carbocycles. The molecule has 0 amide bonds. The average molecular weight is 433 g/mol. The number of hydrogen-bond donors (Lipinski definition) is 1. The van der Waals surface area contributed by atoms with Gasteiger partial charge in [-0.2, -0.15) is 0 Å². The van der Waals surface area contributed by atoms with Crippen LogP contribution < -0.4 is 5.32 Å². The first kappa shape index (κ1) is 24.2. The summed E-state index contributed by atoms with van der Waals surface area (Å²) in [5, 5.41) is 3.49. The van der Waals surface area contributed by atoms with Crippen LogP contribution in [0.25, 0.3) is 0 Å². The molecule has 0 atom stereocenters. The van der Waals surface area contributed by atoms with E-state index in [1.165, 1.54) is 11.1 Å². The lowest BCUT2D eigenvalue weighted by Crippen LogP contribution is -2.55. The second-order valence-electron chi connectivity index (χ2n) is 9.82. The zero-order valence-electron chi connectivity index (χ0n) is 19.6. The number of carbonyl (C=O) groups excluding carboxylic acids is 1. The summed E-state index contributed by atoms with van der Waals surface area (Å²) < 4.78 is 17.0. The smallest absolute Gasteiger partial charge is 0.308 e. The predicted octanol–water partition coefficient (Wildman–Crippen LogP) is 2.97. The van der Waals surface area contributed by atoms with Gasteiger partial charge in [0, 0.05) is 32.7 Å². The lowest BCUT2D eigenvalue weighted by molar-refractivity contribution is -0.156. The molecule has 2 aliphatic rings. The minimum absolute atomic E-state index is 0.0815. The fourth-order valence-corrected chi connectivity index (χ4v) is 4.28. The molecule has 0 saturated carbocycles.